The summed E-state index contributed by atoms with van der Waals surface area (Å²) in [5.41, 5.74) is 2.89. The van der Waals surface area contributed by atoms with Gasteiger partial charge >= 0.3 is 0 Å². The van der Waals surface area contributed by atoms with Gasteiger partial charge in [-0.1, -0.05) is 13.8 Å². The van der Waals surface area contributed by atoms with Crippen LogP contribution < -0.4 is 5.43 Å². The first-order valence-corrected chi connectivity index (χ1v) is 9.60. The van der Waals surface area contributed by atoms with Gasteiger partial charge in [0.1, 0.15) is 11.4 Å². The molecule has 0 saturated carbocycles. The molecule has 0 aliphatic heterocycles. The molecule has 10 heteroatoms. The van der Waals surface area contributed by atoms with Crippen molar-refractivity contribution in [3.05, 3.63) is 58.1 Å². The third kappa shape index (κ3) is 4.80. The molecular weight excluding hydrogens is 372 g/mol. The summed E-state index contributed by atoms with van der Waals surface area (Å²) in [5.74, 6) is 0.112. The van der Waals surface area contributed by atoms with E-state index in [1.165, 1.54) is 34.8 Å². The van der Waals surface area contributed by atoms with Gasteiger partial charge in [-0.25, -0.2) is 8.42 Å². The number of anilines is 1. The van der Waals surface area contributed by atoms with Crippen LogP contribution in [-0.2, 0) is 10.0 Å². The number of nitro groups is 1. The average Bonchev–Trinajstić information content (AvgIpc) is 2.64. The van der Waals surface area contributed by atoms with E-state index in [1.54, 1.807) is 26.0 Å². The molecule has 144 valence electrons. The lowest BCUT2D eigenvalue weighted by Gasteiger charge is -2.18. The number of nitro benzene ring substituents is 1. The molecule has 2 aromatic rings. The van der Waals surface area contributed by atoms with Crippen LogP contribution in [0.5, 0.6) is 5.75 Å². The SMILES string of the molecule is CCN(CC)S(=O)(=O)c1ccc(N/N=C/c2ccc(O)cc2)c([N+](=O)[O-])c1. The van der Waals surface area contributed by atoms with Crippen molar-refractivity contribution in [1.82, 2.24) is 4.31 Å². The number of nitrogens with zero attached hydrogens (tertiary/aromatic N) is 3. The van der Waals surface area contributed by atoms with Crippen LogP contribution in [-0.4, -0.2) is 42.1 Å². The number of nitrogens with one attached hydrogen (secondary N) is 1. The minimum atomic E-state index is -3.80. The molecule has 2 N–H and O–H groups in total. The van der Waals surface area contributed by atoms with Gasteiger partial charge in [-0.05, 0) is 42.0 Å². The second-order valence-electron chi connectivity index (χ2n) is 5.49. The number of hydrazone groups is 1. The van der Waals surface area contributed by atoms with Crippen LogP contribution in [0.1, 0.15) is 19.4 Å². The molecule has 0 aliphatic carbocycles. The Morgan fingerprint density at radius 3 is 2.37 bits per heavy atom. The number of phenolic OH excluding ortho intramolecular Hbond substituents is 1. The molecule has 0 amide bonds. The van der Waals surface area contributed by atoms with Crippen molar-refractivity contribution in [2.24, 2.45) is 5.10 Å². The predicted molar refractivity (Wildman–Crippen MR) is 103 cm³/mol. The van der Waals surface area contributed by atoms with Crippen LogP contribution in [0.2, 0.25) is 0 Å². The standard InChI is InChI=1S/C17H20N4O5S/c1-3-20(4-2)27(25,26)15-9-10-16(17(11-15)21(23)24)19-18-12-13-5-7-14(22)8-6-13/h5-12,19,22H,3-4H2,1-2H3/b18-12+. The van der Waals surface area contributed by atoms with Gasteiger partial charge in [-0.15, -0.1) is 0 Å². The highest BCUT2D eigenvalue weighted by atomic mass is 32.2. The summed E-state index contributed by atoms with van der Waals surface area (Å²) in [6.07, 6.45) is 1.42. The van der Waals surface area contributed by atoms with Crippen LogP contribution >= 0.6 is 0 Å². The Balaban J connectivity index is 2.30. The minimum Gasteiger partial charge on any atom is -0.508 e. The molecule has 0 radical (unpaired) electrons. The second-order valence-corrected chi connectivity index (χ2v) is 7.42. The summed E-state index contributed by atoms with van der Waals surface area (Å²) >= 11 is 0. The van der Waals surface area contributed by atoms with Gasteiger partial charge in [-0.3, -0.25) is 15.5 Å². The minimum absolute atomic E-state index is 0.0634. The third-order valence-electron chi connectivity index (χ3n) is 3.80. The van der Waals surface area contributed by atoms with Gasteiger partial charge in [0, 0.05) is 19.2 Å². The van der Waals surface area contributed by atoms with Crippen molar-refractivity contribution >= 4 is 27.6 Å². The number of sulfonamides is 1. The molecule has 0 bridgehead atoms. The van der Waals surface area contributed by atoms with E-state index in [0.29, 0.717) is 5.56 Å². The molecule has 0 spiro atoms. The maximum absolute atomic E-state index is 12.5. The van der Waals surface area contributed by atoms with E-state index in [0.717, 1.165) is 6.07 Å². The Morgan fingerprint density at radius 2 is 1.81 bits per heavy atom. The van der Waals surface area contributed by atoms with E-state index < -0.39 is 20.6 Å². The van der Waals surface area contributed by atoms with Gasteiger partial charge in [0.25, 0.3) is 5.69 Å². The third-order valence-corrected chi connectivity index (χ3v) is 5.85. The second kappa shape index (κ2) is 8.60. The van der Waals surface area contributed by atoms with Crippen molar-refractivity contribution in [1.29, 1.82) is 0 Å². The Bertz CT molecular complexity index is 938. The van der Waals surface area contributed by atoms with E-state index in [2.05, 4.69) is 10.5 Å². The van der Waals surface area contributed by atoms with E-state index in [-0.39, 0.29) is 29.4 Å². The monoisotopic (exact) mass is 392 g/mol. The summed E-state index contributed by atoms with van der Waals surface area (Å²) in [6.45, 7) is 3.93. The van der Waals surface area contributed by atoms with Gasteiger partial charge in [-0.2, -0.15) is 9.41 Å². The van der Waals surface area contributed by atoms with Crippen molar-refractivity contribution in [2.75, 3.05) is 18.5 Å². The van der Waals surface area contributed by atoms with Gasteiger partial charge < -0.3 is 5.11 Å². The first kappa shape index (κ1) is 20.3. The topological polar surface area (TPSA) is 125 Å². The number of aromatic hydroxyl groups is 1. The van der Waals surface area contributed by atoms with E-state index in [4.69, 9.17) is 0 Å². The molecule has 0 fully saturated rings. The molecule has 0 saturated heterocycles. The summed E-state index contributed by atoms with van der Waals surface area (Å²) in [6, 6.07) is 9.84. The van der Waals surface area contributed by atoms with E-state index in [1.807, 2.05) is 0 Å². The Morgan fingerprint density at radius 1 is 1.19 bits per heavy atom. The Labute approximate surface area is 157 Å². The fourth-order valence-corrected chi connectivity index (χ4v) is 3.85. The Hall–Kier alpha value is -2.98. The number of phenols is 1. The largest absolute Gasteiger partial charge is 0.508 e. The quantitative estimate of drug-likeness (QED) is 0.404. The highest BCUT2D eigenvalue weighted by molar-refractivity contribution is 7.89. The first-order valence-electron chi connectivity index (χ1n) is 8.16. The molecule has 0 unspecified atom stereocenters. The van der Waals surface area contributed by atoms with Crippen molar-refractivity contribution in [3.63, 3.8) is 0 Å². The zero-order chi connectivity index (χ0) is 20.0. The molecular formula is C17H20N4O5S. The number of hydrogen-bond donors (Lipinski definition) is 2. The lowest BCUT2D eigenvalue weighted by atomic mass is 10.2. The molecule has 2 rings (SSSR count). The van der Waals surface area contributed by atoms with Crippen LogP contribution in [0.25, 0.3) is 0 Å². The maximum atomic E-state index is 12.5. The highest BCUT2D eigenvalue weighted by Gasteiger charge is 2.25. The molecule has 9 nitrogen and oxygen atoms in total. The predicted octanol–water partition coefficient (Wildman–Crippen LogP) is 2.78. The number of benzene rings is 2. The van der Waals surface area contributed by atoms with Crippen LogP contribution in [0.15, 0.2) is 52.5 Å². The smallest absolute Gasteiger partial charge is 0.295 e. The Kier molecular flexibility index (Phi) is 6.48. The number of rotatable bonds is 8. The van der Waals surface area contributed by atoms with Crippen LogP contribution in [0, 0.1) is 10.1 Å². The summed E-state index contributed by atoms with van der Waals surface area (Å²) in [7, 11) is -3.80. The molecule has 0 aromatic heterocycles. The maximum Gasteiger partial charge on any atom is 0.295 e. The first-order chi connectivity index (χ1) is 12.8. The van der Waals surface area contributed by atoms with Crippen LogP contribution in [0.4, 0.5) is 11.4 Å². The van der Waals surface area contributed by atoms with Gasteiger partial charge in [0.2, 0.25) is 10.0 Å². The molecule has 0 aliphatic rings. The summed E-state index contributed by atoms with van der Waals surface area (Å²) < 4.78 is 26.3. The molecule has 2 aromatic carbocycles. The van der Waals surface area contributed by atoms with Gasteiger partial charge in [0.05, 0.1) is 16.0 Å². The lowest BCUT2D eigenvalue weighted by Crippen LogP contribution is -2.30. The van der Waals surface area contributed by atoms with Crippen molar-refractivity contribution in [3.8, 4) is 5.75 Å². The van der Waals surface area contributed by atoms with E-state index in [9.17, 15) is 23.6 Å². The lowest BCUT2D eigenvalue weighted by molar-refractivity contribution is -0.384. The van der Waals surface area contributed by atoms with Crippen molar-refractivity contribution in [2.45, 2.75) is 18.7 Å². The van der Waals surface area contributed by atoms with Crippen LogP contribution in [0.3, 0.4) is 0 Å². The summed E-state index contributed by atoms with van der Waals surface area (Å²) in [4.78, 5) is 10.5. The van der Waals surface area contributed by atoms with Crippen molar-refractivity contribution < 1.29 is 18.4 Å². The fraction of sp³-hybridized carbons (Fsp3) is 0.235. The van der Waals surface area contributed by atoms with E-state index >= 15 is 0 Å². The molecule has 27 heavy (non-hydrogen) atoms. The molecule has 0 atom stereocenters. The normalized spacial score (nSPS) is 11.8. The fourth-order valence-electron chi connectivity index (χ4n) is 2.37. The zero-order valence-corrected chi connectivity index (χ0v) is 15.7. The summed E-state index contributed by atoms with van der Waals surface area (Å²) in [5, 5.41) is 24.5. The average molecular weight is 392 g/mol. The van der Waals surface area contributed by atoms with Gasteiger partial charge in [0.15, 0.2) is 0 Å². The highest BCUT2D eigenvalue weighted by Crippen LogP contribution is 2.29. The molecule has 0 heterocycles. The zero-order valence-electron chi connectivity index (χ0n) is 14.9. The number of hydrogen-bond acceptors (Lipinski definition) is 7.